The minimum atomic E-state index is -0.420. The van der Waals surface area contributed by atoms with Crippen LogP contribution in [0.4, 0.5) is 10.1 Å². The highest BCUT2D eigenvalue weighted by Gasteiger charge is 2.26. The van der Waals surface area contributed by atoms with Crippen LogP contribution < -0.4 is 4.90 Å². The Morgan fingerprint density at radius 1 is 0.976 bits per heavy atom. The first kappa shape index (κ1) is 29.5. The second kappa shape index (κ2) is 13.3. The van der Waals surface area contributed by atoms with Crippen LogP contribution in [0.3, 0.4) is 0 Å². The molecule has 4 aromatic rings. The van der Waals surface area contributed by atoms with Crippen LogP contribution in [0.5, 0.6) is 0 Å². The molecule has 2 amide bonds. The van der Waals surface area contributed by atoms with E-state index in [9.17, 15) is 14.0 Å². The van der Waals surface area contributed by atoms with Crippen molar-refractivity contribution in [1.82, 2.24) is 19.4 Å². The zero-order valence-electron chi connectivity index (χ0n) is 24.8. The molecule has 5 rings (SSSR count). The second-order valence-electron chi connectivity index (χ2n) is 11.2. The van der Waals surface area contributed by atoms with Gasteiger partial charge in [0.1, 0.15) is 11.5 Å². The van der Waals surface area contributed by atoms with Crippen molar-refractivity contribution < 1.29 is 14.0 Å². The molecule has 0 radical (unpaired) electrons. The van der Waals surface area contributed by atoms with Gasteiger partial charge in [0, 0.05) is 75.0 Å². The Morgan fingerprint density at radius 3 is 2.55 bits per heavy atom. The first-order valence-electron chi connectivity index (χ1n) is 15.0. The number of anilines is 1. The van der Waals surface area contributed by atoms with E-state index in [1.807, 2.05) is 17.0 Å². The standard InChI is InChI=1S/C34H40FN5O2/c1-4-37-23-26(29-10-5-6-12-31(29)37)14-16-33(41)39-21-20-38(25(2)3)18-9-19-40(34(42)30-11-7-8-17-36-30)32-22-28(35)15-13-27(32)24-39/h5-8,10-13,15,17,22-23,25H,4,9,14,16,18-21,24H2,1-3H3. The van der Waals surface area contributed by atoms with E-state index in [2.05, 4.69) is 53.6 Å². The molecule has 0 bridgehead atoms. The minimum Gasteiger partial charge on any atom is -0.347 e. The maximum absolute atomic E-state index is 14.7. The molecule has 0 unspecified atom stereocenters. The molecule has 0 aliphatic carbocycles. The van der Waals surface area contributed by atoms with E-state index in [-0.39, 0.29) is 17.9 Å². The van der Waals surface area contributed by atoms with Crippen LogP contribution in [0.25, 0.3) is 10.9 Å². The van der Waals surface area contributed by atoms with Crippen molar-refractivity contribution in [2.75, 3.05) is 31.1 Å². The third kappa shape index (κ3) is 6.54. The summed E-state index contributed by atoms with van der Waals surface area (Å²) in [7, 11) is 0. The summed E-state index contributed by atoms with van der Waals surface area (Å²) >= 11 is 0. The van der Waals surface area contributed by atoms with Crippen molar-refractivity contribution in [1.29, 1.82) is 0 Å². The van der Waals surface area contributed by atoms with Gasteiger partial charge < -0.3 is 14.4 Å². The van der Waals surface area contributed by atoms with Gasteiger partial charge in [0.15, 0.2) is 0 Å². The Kier molecular flexibility index (Phi) is 9.32. The number of halogens is 1. The summed E-state index contributed by atoms with van der Waals surface area (Å²) in [6.45, 7) is 10.0. The van der Waals surface area contributed by atoms with Gasteiger partial charge in [0.2, 0.25) is 5.91 Å². The number of aromatic nitrogens is 2. The highest BCUT2D eigenvalue weighted by Crippen LogP contribution is 2.27. The zero-order chi connectivity index (χ0) is 29.6. The molecule has 0 N–H and O–H groups in total. The van der Waals surface area contributed by atoms with Crippen LogP contribution in [-0.4, -0.2) is 63.4 Å². The van der Waals surface area contributed by atoms with Crippen LogP contribution in [0.2, 0.25) is 0 Å². The number of carbonyl (C=O) groups is 2. The molecule has 42 heavy (non-hydrogen) atoms. The third-order valence-corrected chi connectivity index (χ3v) is 8.22. The molecule has 1 aliphatic rings. The Bertz CT molecular complexity index is 1530. The average Bonchev–Trinajstić information content (AvgIpc) is 3.35. The number of hydrogen-bond acceptors (Lipinski definition) is 4. The maximum Gasteiger partial charge on any atom is 0.276 e. The van der Waals surface area contributed by atoms with E-state index in [0.29, 0.717) is 50.3 Å². The second-order valence-corrected chi connectivity index (χ2v) is 11.2. The van der Waals surface area contributed by atoms with Crippen LogP contribution in [-0.2, 0) is 24.3 Å². The summed E-state index contributed by atoms with van der Waals surface area (Å²) in [5, 5.41) is 1.18. The fourth-order valence-corrected chi connectivity index (χ4v) is 5.87. The molecular weight excluding hydrogens is 529 g/mol. The number of rotatable bonds is 6. The van der Waals surface area contributed by atoms with E-state index in [0.717, 1.165) is 30.8 Å². The van der Waals surface area contributed by atoms with Crippen LogP contribution in [0, 0.1) is 5.82 Å². The van der Waals surface area contributed by atoms with Gasteiger partial charge in [-0.1, -0.05) is 30.3 Å². The summed E-state index contributed by atoms with van der Waals surface area (Å²) in [6.07, 6.45) is 5.46. The van der Waals surface area contributed by atoms with Crippen molar-refractivity contribution in [3.63, 3.8) is 0 Å². The Balaban J connectivity index is 1.45. The monoisotopic (exact) mass is 569 g/mol. The van der Waals surface area contributed by atoms with Gasteiger partial charge in [0.05, 0.1) is 5.69 Å². The summed E-state index contributed by atoms with van der Waals surface area (Å²) < 4.78 is 16.9. The molecule has 2 aromatic carbocycles. The molecule has 0 spiro atoms. The number of amides is 2. The first-order chi connectivity index (χ1) is 20.4. The highest BCUT2D eigenvalue weighted by atomic mass is 19.1. The number of hydrogen-bond donors (Lipinski definition) is 0. The largest absolute Gasteiger partial charge is 0.347 e. The van der Waals surface area contributed by atoms with Crippen LogP contribution in [0.1, 0.15) is 55.2 Å². The molecule has 0 saturated carbocycles. The van der Waals surface area contributed by atoms with Gasteiger partial charge in [-0.3, -0.25) is 19.5 Å². The Labute approximate surface area is 247 Å². The molecule has 3 heterocycles. The van der Waals surface area contributed by atoms with Gasteiger partial charge >= 0.3 is 0 Å². The summed E-state index contributed by atoms with van der Waals surface area (Å²) in [4.78, 5) is 37.7. The van der Waals surface area contributed by atoms with E-state index in [1.165, 1.54) is 23.0 Å². The van der Waals surface area contributed by atoms with Gasteiger partial charge in [0.25, 0.3) is 5.91 Å². The Morgan fingerprint density at radius 2 is 1.79 bits per heavy atom. The van der Waals surface area contributed by atoms with Gasteiger partial charge in [-0.2, -0.15) is 0 Å². The zero-order valence-corrected chi connectivity index (χ0v) is 24.8. The lowest BCUT2D eigenvalue weighted by atomic mass is 10.1. The lowest BCUT2D eigenvalue weighted by Gasteiger charge is -2.30. The fraction of sp³-hybridized carbons (Fsp3) is 0.382. The highest BCUT2D eigenvalue weighted by molar-refractivity contribution is 6.05. The third-order valence-electron chi connectivity index (χ3n) is 8.22. The van der Waals surface area contributed by atoms with Gasteiger partial charge in [-0.05, 0) is 75.1 Å². The summed E-state index contributed by atoms with van der Waals surface area (Å²) in [6, 6.07) is 18.3. The average molecular weight is 570 g/mol. The molecule has 1 aliphatic heterocycles. The minimum absolute atomic E-state index is 0.0455. The fourth-order valence-electron chi connectivity index (χ4n) is 5.87. The quantitative estimate of drug-likeness (QED) is 0.289. The molecule has 7 nitrogen and oxygen atoms in total. The predicted octanol–water partition coefficient (Wildman–Crippen LogP) is 5.92. The smallest absolute Gasteiger partial charge is 0.276 e. The number of nitrogens with zero attached hydrogens (tertiary/aromatic N) is 5. The molecule has 2 aromatic heterocycles. The molecular formula is C34H40FN5O2. The molecule has 0 saturated heterocycles. The van der Waals surface area contributed by atoms with E-state index >= 15 is 0 Å². The first-order valence-corrected chi connectivity index (χ1v) is 15.0. The number of aryl methyl sites for hydroxylation is 2. The number of fused-ring (bicyclic) bond motifs is 2. The predicted molar refractivity (Wildman–Crippen MR) is 165 cm³/mol. The number of para-hydroxylation sites is 1. The van der Waals surface area contributed by atoms with Crippen LogP contribution >= 0.6 is 0 Å². The molecule has 8 heteroatoms. The molecule has 220 valence electrons. The number of pyridine rings is 1. The lowest BCUT2D eigenvalue weighted by molar-refractivity contribution is -0.132. The van der Waals surface area contributed by atoms with Crippen molar-refractivity contribution in [3.8, 4) is 0 Å². The summed E-state index contributed by atoms with van der Waals surface area (Å²) in [5.74, 6) is -0.649. The van der Waals surface area contributed by atoms with E-state index in [1.54, 1.807) is 35.4 Å². The topological polar surface area (TPSA) is 61.7 Å². The van der Waals surface area contributed by atoms with E-state index < -0.39 is 5.82 Å². The SMILES string of the molecule is CCn1cc(CCC(=O)N2CCN(C(C)C)CCCN(C(=O)c3ccccn3)c3cc(F)ccc3C2)c2ccccc21. The van der Waals surface area contributed by atoms with Crippen molar-refractivity contribution in [3.05, 3.63) is 95.7 Å². The summed E-state index contributed by atoms with van der Waals surface area (Å²) in [5.41, 5.74) is 3.89. The maximum atomic E-state index is 14.7. The van der Waals surface area contributed by atoms with Gasteiger partial charge in [-0.15, -0.1) is 0 Å². The number of benzene rings is 2. The van der Waals surface area contributed by atoms with Crippen molar-refractivity contribution in [2.45, 2.75) is 59.2 Å². The van der Waals surface area contributed by atoms with Gasteiger partial charge in [-0.25, -0.2) is 4.39 Å². The lowest BCUT2D eigenvalue weighted by Crippen LogP contribution is -2.41. The molecule has 0 atom stereocenters. The van der Waals surface area contributed by atoms with E-state index in [4.69, 9.17) is 0 Å². The normalized spacial score (nSPS) is 15.1. The van der Waals surface area contributed by atoms with Crippen molar-refractivity contribution in [2.24, 2.45) is 0 Å². The van der Waals surface area contributed by atoms with Crippen molar-refractivity contribution >= 4 is 28.4 Å². The number of carbonyl (C=O) groups excluding carboxylic acids is 2. The Hall–Kier alpha value is -4.04. The van der Waals surface area contributed by atoms with Crippen LogP contribution in [0.15, 0.2) is 73.1 Å². The molecule has 0 fully saturated rings.